The number of esters is 1. The predicted molar refractivity (Wildman–Crippen MR) is 122 cm³/mol. The molecule has 0 aromatic heterocycles. The minimum absolute atomic E-state index is 0. The molecule has 0 unspecified atom stereocenters. The molecule has 0 amide bonds. The minimum atomic E-state index is -0.183. The number of hydrogen-bond donors (Lipinski definition) is 0. The molecule has 0 aliphatic heterocycles. The molecule has 0 spiro atoms. The summed E-state index contributed by atoms with van der Waals surface area (Å²) in [5.74, 6) is 0.280. The van der Waals surface area contributed by atoms with E-state index in [0.29, 0.717) is 17.2 Å². The summed E-state index contributed by atoms with van der Waals surface area (Å²) in [6, 6.07) is 7.11. The van der Waals surface area contributed by atoms with Crippen molar-refractivity contribution in [3.05, 3.63) is 29.3 Å². The Balaban J connectivity index is 0.00000729. The van der Waals surface area contributed by atoms with Crippen LogP contribution >= 0.6 is 11.6 Å². The van der Waals surface area contributed by atoms with Crippen LogP contribution in [0.15, 0.2) is 24.3 Å². The molecule has 1 aromatic rings. The van der Waals surface area contributed by atoms with Gasteiger partial charge in [-0.25, -0.2) is 0 Å². The summed E-state index contributed by atoms with van der Waals surface area (Å²) in [6.07, 6.45) is 20.4. The number of benzene rings is 1. The maximum atomic E-state index is 11.8. The Morgan fingerprint density at radius 3 is 1.64 bits per heavy atom. The van der Waals surface area contributed by atoms with Gasteiger partial charge in [-0.3, -0.25) is 4.79 Å². The topological polar surface area (TPSA) is 26.3 Å². The summed E-state index contributed by atoms with van der Waals surface area (Å²) in [5, 5.41) is 0.488. The van der Waals surface area contributed by atoms with E-state index in [1.165, 1.54) is 83.5 Å². The van der Waals surface area contributed by atoms with Crippen LogP contribution in [0, 0.1) is 0 Å². The first-order valence-corrected chi connectivity index (χ1v) is 11.6. The molecule has 0 N–H and O–H groups in total. The number of carbonyl (C=O) groups is 1. The van der Waals surface area contributed by atoms with Crippen LogP contribution < -0.4 is 4.74 Å². The molecule has 1 aromatic carbocycles. The van der Waals surface area contributed by atoms with E-state index in [2.05, 4.69) is 6.92 Å². The second-order valence-corrected chi connectivity index (χ2v) is 8.01. The number of carbonyl (C=O) groups excluding carboxylic acids is 1. The molecule has 28 heavy (non-hydrogen) atoms. The maximum absolute atomic E-state index is 11.8. The van der Waals surface area contributed by atoms with Crippen molar-refractivity contribution in [2.45, 2.75) is 110 Å². The molecule has 0 aliphatic carbocycles. The Morgan fingerprint density at radius 1 is 0.750 bits per heavy atom. The Hall–Kier alpha value is 0.240. The van der Waals surface area contributed by atoms with Crippen molar-refractivity contribution in [2.75, 3.05) is 0 Å². The number of halogens is 1. The molecule has 156 valence electrons. The SMILES string of the molecule is CCCCCCCCCCCCCCCCCC(=O)Oc1ccccc1Cl.[Ca]. The number of unbranched alkanes of at least 4 members (excludes halogenated alkanes) is 14. The second kappa shape index (κ2) is 20.5. The van der Waals surface area contributed by atoms with E-state index >= 15 is 0 Å². The van der Waals surface area contributed by atoms with E-state index in [1.54, 1.807) is 12.1 Å². The number of hydrogen-bond acceptors (Lipinski definition) is 2. The molecular weight excluding hydrogens is 396 g/mol. The van der Waals surface area contributed by atoms with Gasteiger partial charge in [0.1, 0.15) is 5.75 Å². The van der Waals surface area contributed by atoms with E-state index in [-0.39, 0.29) is 43.7 Å². The van der Waals surface area contributed by atoms with Crippen LogP contribution in [-0.2, 0) is 4.79 Å². The average molecular weight is 435 g/mol. The summed E-state index contributed by atoms with van der Waals surface area (Å²) in [7, 11) is 0. The third kappa shape index (κ3) is 16.1. The van der Waals surface area contributed by atoms with Crippen LogP contribution in [0.3, 0.4) is 0 Å². The van der Waals surface area contributed by atoms with Crippen molar-refractivity contribution in [3.63, 3.8) is 0 Å². The van der Waals surface area contributed by atoms with Crippen molar-refractivity contribution >= 4 is 55.3 Å². The number of rotatable bonds is 17. The predicted octanol–water partition coefficient (Wildman–Crippen LogP) is 8.13. The van der Waals surface area contributed by atoms with Crippen molar-refractivity contribution in [1.82, 2.24) is 0 Å². The Morgan fingerprint density at radius 2 is 1.18 bits per heavy atom. The van der Waals surface area contributed by atoms with Crippen LogP contribution in [-0.4, -0.2) is 43.7 Å². The van der Waals surface area contributed by atoms with Crippen molar-refractivity contribution in [1.29, 1.82) is 0 Å². The molecule has 0 saturated heterocycles. The molecule has 0 saturated carbocycles. The fourth-order valence-electron chi connectivity index (χ4n) is 3.34. The zero-order chi connectivity index (χ0) is 19.6. The van der Waals surface area contributed by atoms with E-state index in [0.717, 1.165) is 12.8 Å². The first kappa shape index (κ1) is 28.2. The third-order valence-electron chi connectivity index (χ3n) is 5.04. The van der Waals surface area contributed by atoms with E-state index < -0.39 is 0 Å². The molecule has 2 radical (unpaired) electrons. The van der Waals surface area contributed by atoms with E-state index in [1.807, 2.05) is 12.1 Å². The monoisotopic (exact) mass is 434 g/mol. The minimum Gasteiger partial charge on any atom is -0.425 e. The second-order valence-electron chi connectivity index (χ2n) is 7.60. The number of ether oxygens (including phenoxy) is 1. The standard InChI is InChI=1S/C24H39ClO2.Ca/c1-2-3-4-5-6-7-8-9-10-11-12-13-14-15-16-21-24(26)27-23-20-18-17-19-22(23)25;/h17-20H,2-16,21H2,1H3;. The molecule has 0 bridgehead atoms. The van der Waals surface area contributed by atoms with Crippen molar-refractivity contribution in [2.24, 2.45) is 0 Å². The zero-order valence-corrected chi connectivity index (χ0v) is 21.0. The molecule has 0 fully saturated rings. The normalized spacial score (nSPS) is 10.5. The smallest absolute Gasteiger partial charge is 0.311 e. The Kier molecular flexibility index (Phi) is 20.7. The van der Waals surface area contributed by atoms with Gasteiger partial charge in [0.25, 0.3) is 0 Å². The van der Waals surface area contributed by atoms with Gasteiger partial charge in [-0.05, 0) is 18.6 Å². The van der Waals surface area contributed by atoms with Crippen LogP contribution in [0.2, 0.25) is 5.02 Å². The Labute approximate surface area is 208 Å². The molecular formula is C24H39CaClO2. The van der Waals surface area contributed by atoms with Gasteiger partial charge in [0.15, 0.2) is 0 Å². The summed E-state index contributed by atoms with van der Waals surface area (Å²) in [5.41, 5.74) is 0. The third-order valence-corrected chi connectivity index (χ3v) is 5.36. The maximum Gasteiger partial charge on any atom is 0.311 e. The molecule has 0 atom stereocenters. The zero-order valence-electron chi connectivity index (χ0n) is 18.0. The van der Waals surface area contributed by atoms with Crippen molar-refractivity contribution < 1.29 is 9.53 Å². The van der Waals surface area contributed by atoms with Gasteiger partial charge >= 0.3 is 5.97 Å². The summed E-state index contributed by atoms with van der Waals surface area (Å²) >= 11 is 5.99. The van der Waals surface area contributed by atoms with Gasteiger partial charge in [0.2, 0.25) is 0 Å². The van der Waals surface area contributed by atoms with Crippen LogP contribution in [0.5, 0.6) is 5.75 Å². The van der Waals surface area contributed by atoms with Crippen LogP contribution in [0.1, 0.15) is 110 Å². The largest absolute Gasteiger partial charge is 0.425 e. The van der Waals surface area contributed by atoms with Gasteiger partial charge in [-0.15, -0.1) is 0 Å². The first-order valence-electron chi connectivity index (χ1n) is 11.2. The van der Waals surface area contributed by atoms with E-state index in [9.17, 15) is 4.79 Å². The average Bonchev–Trinajstić information content (AvgIpc) is 2.66. The van der Waals surface area contributed by atoms with Crippen LogP contribution in [0.25, 0.3) is 0 Å². The molecule has 0 aliphatic rings. The quantitative estimate of drug-likeness (QED) is 0.107. The van der Waals surface area contributed by atoms with Crippen LogP contribution in [0.4, 0.5) is 0 Å². The van der Waals surface area contributed by atoms with Gasteiger partial charge in [-0.2, -0.15) is 0 Å². The summed E-state index contributed by atoms with van der Waals surface area (Å²) < 4.78 is 5.29. The van der Waals surface area contributed by atoms with Gasteiger partial charge in [-0.1, -0.05) is 121 Å². The molecule has 2 nitrogen and oxygen atoms in total. The Bertz CT molecular complexity index is 493. The molecule has 1 rings (SSSR count). The first-order chi connectivity index (χ1) is 13.2. The summed E-state index contributed by atoms with van der Waals surface area (Å²) in [6.45, 7) is 2.27. The molecule has 4 heteroatoms. The van der Waals surface area contributed by atoms with Gasteiger partial charge in [0.05, 0.1) is 5.02 Å². The number of para-hydroxylation sites is 1. The summed E-state index contributed by atoms with van der Waals surface area (Å²) in [4.78, 5) is 11.8. The van der Waals surface area contributed by atoms with Gasteiger partial charge < -0.3 is 4.74 Å². The van der Waals surface area contributed by atoms with Gasteiger partial charge in [0, 0.05) is 44.2 Å². The fraction of sp³-hybridized carbons (Fsp3) is 0.708. The fourth-order valence-corrected chi connectivity index (χ4v) is 3.52. The van der Waals surface area contributed by atoms with E-state index in [4.69, 9.17) is 16.3 Å². The molecule has 0 heterocycles. The van der Waals surface area contributed by atoms with Crippen molar-refractivity contribution in [3.8, 4) is 5.75 Å².